The molecular formula is C11H24N2. The number of piperidine rings is 1. The average molecular weight is 184 g/mol. The van der Waals surface area contributed by atoms with Gasteiger partial charge in [-0.15, -0.1) is 0 Å². The van der Waals surface area contributed by atoms with Gasteiger partial charge in [-0.1, -0.05) is 20.3 Å². The van der Waals surface area contributed by atoms with Crippen molar-refractivity contribution in [3.63, 3.8) is 0 Å². The molecule has 0 saturated carbocycles. The third-order valence-electron chi connectivity index (χ3n) is 3.20. The first-order valence-electron chi connectivity index (χ1n) is 5.68. The molecule has 0 aromatic heterocycles. The van der Waals surface area contributed by atoms with Crippen molar-refractivity contribution in [1.82, 2.24) is 4.90 Å². The van der Waals surface area contributed by atoms with Gasteiger partial charge in [-0.2, -0.15) is 0 Å². The number of rotatable bonds is 4. The molecule has 13 heavy (non-hydrogen) atoms. The van der Waals surface area contributed by atoms with Crippen LogP contribution in [0.1, 0.15) is 33.1 Å². The molecule has 2 unspecified atom stereocenters. The van der Waals surface area contributed by atoms with Crippen molar-refractivity contribution in [2.45, 2.75) is 33.1 Å². The lowest BCUT2D eigenvalue weighted by Crippen LogP contribution is -2.40. The minimum atomic E-state index is 0.762. The van der Waals surface area contributed by atoms with E-state index in [1.807, 2.05) is 0 Å². The lowest BCUT2D eigenvalue weighted by atomic mass is 9.97. The summed E-state index contributed by atoms with van der Waals surface area (Å²) in [7, 11) is 0. The molecule has 0 spiro atoms. The first kappa shape index (κ1) is 11.0. The van der Waals surface area contributed by atoms with E-state index in [4.69, 9.17) is 5.73 Å². The molecular weight excluding hydrogens is 160 g/mol. The molecule has 2 N–H and O–H groups in total. The van der Waals surface area contributed by atoms with Crippen molar-refractivity contribution in [3.8, 4) is 0 Å². The molecule has 0 aliphatic carbocycles. The van der Waals surface area contributed by atoms with Gasteiger partial charge in [0.1, 0.15) is 0 Å². The van der Waals surface area contributed by atoms with Crippen LogP contribution in [0.25, 0.3) is 0 Å². The van der Waals surface area contributed by atoms with E-state index in [0.717, 1.165) is 18.4 Å². The van der Waals surface area contributed by atoms with Crippen molar-refractivity contribution in [2.24, 2.45) is 17.6 Å². The smallest absolute Gasteiger partial charge is 0.00218 e. The Kier molecular flexibility index (Phi) is 4.74. The predicted molar refractivity (Wildman–Crippen MR) is 57.7 cm³/mol. The van der Waals surface area contributed by atoms with Gasteiger partial charge in [-0.3, -0.25) is 0 Å². The molecule has 1 saturated heterocycles. The summed E-state index contributed by atoms with van der Waals surface area (Å²) in [4.78, 5) is 2.59. The zero-order valence-electron chi connectivity index (χ0n) is 9.13. The van der Waals surface area contributed by atoms with E-state index < -0.39 is 0 Å². The van der Waals surface area contributed by atoms with Crippen molar-refractivity contribution in [1.29, 1.82) is 0 Å². The highest BCUT2D eigenvalue weighted by Gasteiger charge is 2.19. The topological polar surface area (TPSA) is 29.3 Å². The van der Waals surface area contributed by atoms with Crippen LogP contribution in [0.5, 0.6) is 0 Å². The lowest BCUT2D eigenvalue weighted by molar-refractivity contribution is 0.157. The molecule has 2 nitrogen and oxygen atoms in total. The zero-order chi connectivity index (χ0) is 9.68. The van der Waals surface area contributed by atoms with Crippen molar-refractivity contribution < 1.29 is 0 Å². The fourth-order valence-corrected chi connectivity index (χ4v) is 2.08. The van der Waals surface area contributed by atoms with Crippen LogP contribution in [-0.4, -0.2) is 31.1 Å². The van der Waals surface area contributed by atoms with E-state index in [9.17, 15) is 0 Å². The van der Waals surface area contributed by atoms with Crippen LogP contribution < -0.4 is 5.73 Å². The Bertz CT molecular complexity index is 134. The summed E-state index contributed by atoms with van der Waals surface area (Å²) in [6.45, 7) is 9.28. The van der Waals surface area contributed by atoms with E-state index in [0.29, 0.717) is 0 Å². The van der Waals surface area contributed by atoms with Gasteiger partial charge in [-0.25, -0.2) is 0 Å². The molecule has 0 aromatic carbocycles. The monoisotopic (exact) mass is 184 g/mol. The summed E-state index contributed by atoms with van der Waals surface area (Å²) in [6.07, 6.45) is 3.98. The van der Waals surface area contributed by atoms with E-state index in [2.05, 4.69) is 18.7 Å². The summed E-state index contributed by atoms with van der Waals surface area (Å²) < 4.78 is 0. The molecule has 0 radical (unpaired) electrons. The highest BCUT2D eigenvalue weighted by atomic mass is 15.1. The summed E-state index contributed by atoms with van der Waals surface area (Å²) >= 11 is 0. The summed E-state index contributed by atoms with van der Waals surface area (Å²) in [5, 5.41) is 0. The third kappa shape index (κ3) is 3.65. The first-order valence-corrected chi connectivity index (χ1v) is 5.68. The Hall–Kier alpha value is -0.0800. The summed E-state index contributed by atoms with van der Waals surface area (Å²) in [5.41, 5.74) is 5.70. The molecule has 0 aromatic rings. The maximum absolute atomic E-state index is 5.70. The van der Waals surface area contributed by atoms with Crippen molar-refractivity contribution >= 4 is 0 Å². The van der Waals surface area contributed by atoms with Gasteiger partial charge < -0.3 is 10.6 Å². The molecule has 2 heteroatoms. The maximum Gasteiger partial charge on any atom is 0.00218 e. The van der Waals surface area contributed by atoms with E-state index in [-0.39, 0.29) is 0 Å². The second kappa shape index (κ2) is 5.61. The standard InChI is InChI=1S/C11H24N2/c1-3-10(2)8-13-6-4-5-11(7-12)9-13/h10-11H,3-9,12H2,1-2H3. The van der Waals surface area contributed by atoms with Gasteiger partial charge >= 0.3 is 0 Å². The molecule has 1 aliphatic rings. The molecule has 1 heterocycles. The van der Waals surface area contributed by atoms with Crippen LogP contribution in [0, 0.1) is 11.8 Å². The van der Waals surface area contributed by atoms with E-state index in [1.54, 1.807) is 0 Å². The predicted octanol–water partition coefficient (Wildman–Crippen LogP) is 1.70. The van der Waals surface area contributed by atoms with Gasteiger partial charge in [0, 0.05) is 13.1 Å². The van der Waals surface area contributed by atoms with Gasteiger partial charge in [0.15, 0.2) is 0 Å². The van der Waals surface area contributed by atoms with Crippen LogP contribution in [0.4, 0.5) is 0 Å². The normalized spacial score (nSPS) is 27.5. The van der Waals surface area contributed by atoms with Crippen LogP contribution in [0.2, 0.25) is 0 Å². The van der Waals surface area contributed by atoms with Crippen molar-refractivity contribution in [2.75, 3.05) is 26.2 Å². The number of likely N-dealkylation sites (tertiary alicyclic amines) is 1. The molecule has 2 atom stereocenters. The molecule has 78 valence electrons. The van der Waals surface area contributed by atoms with Gasteiger partial charge in [-0.05, 0) is 37.8 Å². The summed E-state index contributed by atoms with van der Waals surface area (Å²) in [5.74, 6) is 1.61. The molecule has 1 aliphatic heterocycles. The van der Waals surface area contributed by atoms with Gasteiger partial charge in [0.05, 0.1) is 0 Å². The first-order chi connectivity index (χ1) is 6.26. The third-order valence-corrected chi connectivity index (χ3v) is 3.20. The van der Waals surface area contributed by atoms with Crippen LogP contribution in [0.3, 0.4) is 0 Å². The molecule has 0 bridgehead atoms. The van der Waals surface area contributed by atoms with Crippen molar-refractivity contribution in [3.05, 3.63) is 0 Å². The second-order valence-corrected chi connectivity index (χ2v) is 4.52. The van der Waals surface area contributed by atoms with Crippen LogP contribution in [-0.2, 0) is 0 Å². The summed E-state index contributed by atoms with van der Waals surface area (Å²) in [6, 6.07) is 0. The molecule has 1 rings (SSSR count). The average Bonchev–Trinajstić information content (AvgIpc) is 2.18. The Balaban J connectivity index is 2.25. The van der Waals surface area contributed by atoms with Gasteiger partial charge in [0.25, 0.3) is 0 Å². The minimum Gasteiger partial charge on any atom is -0.330 e. The SMILES string of the molecule is CCC(C)CN1CCCC(CN)C1. The maximum atomic E-state index is 5.70. The quantitative estimate of drug-likeness (QED) is 0.720. The van der Waals surface area contributed by atoms with Crippen LogP contribution >= 0.6 is 0 Å². The Morgan fingerprint density at radius 2 is 2.31 bits per heavy atom. The molecule has 0 amide bonds. The largest absolute Gasteiger partial charge is 0.330 e. The number of nitrogens with zero attached hydrogens (tertiary/aromatic N) is 1. The van der Waals surface area contributed by atoms with Crippen LogP contribution in [0.15, 0.2) is 0 Å². The Labute approximate surface area is 82.5 Å². The fourth-order valence-electron chi connectivity index (χ4n) is 2.08. The lowest BCUT2D eigenvalue weighted by Gasteiger charge is -2.33. The molecule has 1 fully saturated rings. The Morgan fingerprint density at radius 3 is 2.92 bits per heavy atom. The minimum absolute atomic E-state index is 0.762. The second-order valence-electron chi connectivity index (χ2n) is 4.52. The van der Waals surface area contributed by atoms with E-state index >= 15 is 0 Å². The number of hydrogen-bond donors (Lipinski definition) is 1. The highest BCUT2D eigenvalue weighted by Crippen LogP contribution is 2.16. The highest BCUT2D eigenvalue weighted by molar-refractivity contribution is 4.74. The number of nitrogens with two attached hydrogens (primary N) is 1. The number of hydrogen-bond acceptors (Lipinski definition) is 2. The Morgan fingerprint density at radius 1 is 1.54 bits per heavy atom. The van der Waals surface area contributed by atoms with Gasteiger partial charge in [0.2, 0.25) is 0 Å². The van der Waals surface area contributed by atoms with E-state index in [1.165, 1.54) is 38.9 Å². The zero-order valence-corrected chi connectivity index (χ0v) is 9.13. The fraction of sp³-hybridized carbons (Fsp3) is 1.00.